The maximum Gasteiger partial charge on any atom is 0.317 e. The van der Waals surface area contributed by atoms with E-state index in [0.717, 1.165) is 30.9 Å². The van der Waals surface area contributed by atoms with Crippen LogP contribution in [0.5, 0.6) is 0 Å². The average Bonchev–Trinajstić information content (AvgIpc) is 3.52. The highest BCUT2D eigenvalue weighted by atomic mass is 28.3. The molecule has 0 spiro atoms. The number of rotatable bonds is 11. The van der Waals surface area contributed by atoms with E-state index in [1.165, 1.54) is 6.29 Å². The van der Waals surface area contributed by atoms with Crippen molar-refractivity contribution in [3.63, 3.8) is 0 Å². The van der Waals surface area contributed by atoms with E-state index in [9.17, 15) is 9.59 Å². The molecule has 4 bridgehead atoms. The molecular weight excluding hydrogens is 576 g/mol. The summed E-state index contributed by atoms with van der Waals surface area (Å²) >= 11 is 0. The van der Waals surface area contributed by atoms with E-state index < -0.39 is 30.6 Å². The van der Waals surface area contributed by atoms with Gasteiger partial charge in [0.05, 0.1) is 44.1 Å². The van der Waals surface area contributed by atoms with Crippen LogP contribution in [0.25, 0.3) is 0 Å². The third-order valence-electron chi connectivity index (χ3n) is 12.5. The third kappa shape index (κ3) is 4.85. The zero-order chi connectivity index (χ0) is 31.7. The largest absolute Gasteiger partial charge is 0.465 e. The highest BCUT2D eigenvalue weighted by molar-refractivity contribution is 6.76. The number of aldehydes is 1. The number of fused-ring (bicyclic) bond motifs is 3. The smallest absolute Gasteiger partial charge is 0.317 e. The molecule has 6 rings (SSSR count). The fourth-order valence-corrected chi connectivity index (χ4v) is 11.4. The van der Waals surface area contributed by atoms with Crippen LogP contribution in [-0.2, 0) is 38.0 Å². The summed E-state index contributed by atoms with van der Waals surface area (Å²) in [6, 6.07) is 0.902. The van der Waals surface area contributed by atoms with E-state index >= 15 is 0 Å². The molecule has 6 aliphatic rings. The molecule has 5 fully saturated rings. The highest BCUT2D eigenvalue weighted by Crippen LogP contribution is 2.83. The molecule has 0 aromatic rings. The summed E-state index contributed by atoms with van der Waals surface area (Å²) in [5.41, 5.74) is -1.25. The topological polar surface area (TPSA) is 89.5 Å². The first-order valence-corrected chi connectivity index (χ1v) is 20.9. The van der Waals surface area contributed by atoms with Crippen LogP contribution < -0.4 is 0 Å². The first kappa shape index (κ1) is 32.8. The van der Waals surface area contributed by atoms with Gasteiger partial charge in [0.2, 0.25) is 0 Å². The third-order valence-corrected chi connectivity index (χ3v) is 14.2. The predicted molar refractivity (Wildman–Crippen MR) is 169 cm³/mol. The second-order valence-electron chi connectivity index (χ2n) is 16.5. The normalized spacial score (nSPS) is 46.0. The average molecular weight is 633 g/mol. The molecule has 4 aliphatic carbocycles. The Morgan fingerprint density at radius 3 is 2.61 bits per heavy atom. The number of hydrogen-bond acceptors (Lipinski definition) is 8. The second kappa shape index (κ2) is 11.9. The Balaban J connectivity index is 1.37. The van der Waals surface area contributed by atoms with Crippen LogP contribution in [0.15, 0.2) is 11.6 Å². The molecule has 9 heteroatoms. The Bertz CT molecular complexity index is 1130. The zero-order valence-electron chi connectivity index (χ0n) is 28.3. The van der Waals surface area contributed by atoms with Gasteiger partial charge in [-0.25, -0.2) is 0 Å². The van der Waals surface area contributed by atoms with Gasteiger partial charge < -0.3 is 33.2 Å². The van der Waals surface area contributed by atoms with Gasteiger partial charge in [-0.3, -0.25) is 4.79 Å². The van der Waals surface area contributed by atoms with E-state index in [2.05, 4.69) is 46.5 Å². The molecule has 44 heavy (non-hydrogen) atoms. The van der Waals surface area contributed by atoms with Gasteiger partial charge in [-0.15, -0.1) is 0 Å². The van der Waals surface area contributed by atoms with E-state index in [1.807, 2.05) is 6.92 Å². The molecule has 0 aromatic carbocycles. The van der Waals surface area contributed by atoms with Crippen molar-refractivity contribution in [2.45, 2.75) is 116 Å². The molecule has 2 heterocycles. The van der Waals surface area contributed by atoms with Gasteiger partial charge >= 0.3 is 5.97 Å². The SMILES string of the molecule is COC[C@H]1O[C@@H](OCC23CC4C(C)CCC4C4(C=O)CC2C=C(C(C)C)C43C(=O)OCC[Si](C)(C)C)C[C@@H]2OC(C)CO[C@@H]21. The van der Waals surface area contributed by atoms with Crippen LogP contribution in [0.3, 0.4) is 0 Å². The lowest BCUT2D eigenvalue weighted by Crippen LogP contribution is -2.64. The van der Waals surface area contributed by atoms with Crippen molar-refractivity contribution in [1.29, 1.82) is 0 Å². The first-order valence-electron chi connectivity index (χ1n) is 17.2. The van der Waals surface area contributed by atoms with Gasteiger partial charge in [-0.1, -0.05) is 58.5 Å². The first-order chi connectivity index (χ1) is 20.8. The van der Waals surface area contributed by atoms with E-state index in [4.69, 9.17) is 28.4 Å². The second-order valence-corrected chi connectivity index (χ2v) is 22.1. The van der Waals surface area contributed by atoms with Gasteiger partial charge in [0.15, 0.2) is 6.29 Å². The minimum Gasteiger partial charge on any atom is -0.465 e. The molecule has 2 aliphatic heterocycles. The van der Waals surface area contributed by atoms with Crippen molar-refractivity contribution in [2.75, 3.05) is 33.5 Å². The summed E-state index contributed by atoms with van der Waals surface area (Å²) in [4.78, 5) is 28.6. The molecule has 0 radical (unpaired) electrons. The van der Waals surface area contributed by atoms with Crippen LogP contribution in [0.2, 0.25) is 25.7 Å². The lowest BCUT2D eigenvalue weighted by Gasteiger charge is -2.59. The summed E-state index contributed by atoms with van der Waals surface area (Å²) in [7, 11) is 0.231. The van der Waals surface area contributed by atoms with Crippen molar-refractivity contribution >= 4 is 20.3 Å². The molecule has 248 valence electrons. The van der Waals surface area contributed by atoms with Gasteiger partial charge in [-0.2, -0.15) is 0 Å². The Labute approximate surface area is 265 Å². The van der Waals surface area contributed by atoms with Crippen molar-refractivity contribution in [3.8, 4) is 0 Å². The summed E-state index contributed by atoms with van der Waals surface area (Å²) in [5.74, 6) is 1.08. The number of esters is 1. The monoisotopic (exact) mass is 632 g/mol. The van der Waals surface area contributed by atoms with Crippen LogP contribution in [0.4, 0.5) is 0 Å². The molecule has 8 nitrogen and oxygen atoms in total. The number of carbonyl (C=O) groups is 2. The standard InChI is InChI=1S/C35H56O8Si/c1-21(2)27-13-24-15-33(19-36)26-10-9-22(3)25(26)16-34(24,35(27,33)32(37)39-11-12-44(6,7)8)20-41-30-14-28-31(29(43-30)18-38-5)40-17-23(4)42-28/h13,19,21-26,28-31H,9-12,14-18,20H2,1-8H3/t22?,23?,24?,25?,26?,28-,29+,30+,31-,33?,34?,35?/m0/s1. The van der Waals surface area contributed by atoms with E-state index in [1.54, 1.807) is 7.11 Å². The summed E-state index contributed by atoms with van der Waals surface area (Å²) in [5, 5.41) is 0. The van der Waals surface area contributed by atoms with Crippen molar-refractivity contribution < 1.29 is 38.0 Å². The summed E-state index contributed by atoms with van der Waals surface area (Å²) in [6.45, 7) is 17.3. The van der Waals surface area contributed by atoms with Gasteiger partial charge in [-0.05, 0) is 61.8 Å². The minimum absolute atomic E-state index is 0.00167. The van der Waals surface area contributed by atoms with Crippen LogP contribution >= 0.6 is 0 Å². The molecule has 0 N–H and O–H groups in total. The van der Waals surface area contributed by atoms with Crippen molar-refractivity contribution in [3.05, 3.63) is 11.6 Å². The molecule has 0 amide bonds. The van der Waals surface area contributed by atoms with E-state index in [-0.39, 0.29) is 48.1 Å². The number of allylic oxidation sites excluding steroid dienone is 1. The minimum atomic E-state index is -1.44. The molecular formula is C35H56O8Si. The zero-order valence-corrected chi connectivity index (χ0v) is 29.3. The number of carbonyl (C=O) groups excluding carboxylic acids is 2. The molecule has 8 unspecified atom stereocenters. The molecule has 0 aromatic heterocycles. The molecule has 3 saturated carbocycles. The van der Waals surface area contributed by atoms with Crippen molar-refractivity contribution in [2.24, 2.45) is 45.8 Å². The number of methoxy groups -OCH3 is 1. The lowest BCUT2D eigenvalue weighted by molar-refractivity contribution is -0.310. The van der Waals surface area contributed by atoms with Gasteiger partial charge in [0.25, 0.3) is 0 Å². The quantitative estimate of drug-likeness (QED) is 0.125. The Hall–Kier alpha value is -1.10. The maximum absolute atomic E-state index is 14.9. The molecule has 12 atom stereocenters. The predicted octanol–water partition coefficient (Wildman–Crippen LogP) is 5.66. The van der Waals surface area contributed by atoms with Gasteiger partial charge in [0, 0.05) is 27.0 Å². The summed E-state index contributed by atoms with van der Waals surface area (Å²) in [6.07, 6.45) is 6.58. The number of hydrogen-bond donors (Lipinski definition) is 0. The molecule has 2 saturated heterocycles. The lowest BCUT2D eigenvalue weighted by atomic mass is 9.43. The fourth-order valence-electron chi connectivity index (χ4n) is 10.6. The maximum atomic E-state index is 14.9. The van der Waals surface area contributed by atoms with Gasteiger partial charge in [0.1, 0.15) is 23.9 Å². The Kier molecular flexibility index (Phi) is 8.84. The highest BCUT2D eigenvalue weighted by Gasteiger charge is 2.84. The Morgan fingerprint density at radius 2 is 1.93 bits per heavy atom. The van der Waals surface area contributed by atoms with Crippen LogP contribution in [0.1, 0.15) is 59.8 Å². The number of ether oxygens (including phenoxy) is 6. The fraction of sp³-hybridized carbons (Fsp3) is 0.886. The van der Waals surface area contributed by atoms with Crippen LogP contribution in [-0.4, -0.2) is 84.6 Å². The van der Waals surface area contributed by atoms with Crippen molar-refractivity contribution in [1.82, 2.24) is 0 Å². The summed E-state index contributed by atoms with van der Waals surface area (Å²) < 4.78 is 37.7. The van der Waals surface area contributed by atoms with E-state index in [0.29, 0.717) is 51.1 Å². The van der Waals surface area contributed by atoms with Crippen LogP contribution in [0, 0.1) is 45.8 Å². The Morgan fingerprint density at radius 1 is 1.16 bits per heavy atom.